The van der Waals surface area contributed by atoms with Crippen LogP contribution in [0, 0.1) is 0 Å². The average molecular weight is 232 g/mol. The lowest BCUT2D eigenvalue weighted by molar-refractivity contribution is 1.06. The van der Waals surface area contributed by atoms with Crippen molar-refractivity contribution in [2.24, 2.45) is 0 Å². The van der Waals surface area contributed by atoms with Crippen LogP contribution >= 0.6 is 27.7 Å². The molecule has 3 heteroatoms. The van der Waals surface area contributed by atoms with Gasteiger partial charge in [-0.1, -0.05) is 13.8 Å². The second kappa shape index (κ2) is 4.12. The highest BCUT2D eigenvalue weighted by molar-refractivity contribution is 9.10. The number of rotatable bonds is 2. The molecule has 0 atom stereocenters. The van der Waals surface area contributed by atoms with E-state index in [1.807, 2.05) is 18.3 Å². The van der Waals surface area contributed by atoms with Crippen molar-refractivity contribution in [2.75, 3.05) is 0 Å². The molecular formula is C8H10BrNS. The van der Waals surface area contributed by atoms with E-state index in [1.54, 1.807) is 11.8 Å². The van der Waals surface area contributed by atoms with E-state index in [0.29, 0.717) is 5.25 Å². The number of aromatic nitrogens is 1. The van der Waals surface area contributed by atoms with Crippen LogP contribution in [0.15, 0.2) is 27.8 Å². The summed E-state index contributed by atoms with van der Waals surface area (Å²) >= 11 is 5.21. The molecule has 1 heterocycles. The Morgan fingerprint density at radius 3 is 2.82 bits per heavy atom. The molecule has 11 heavy (non-hydrogen) atoms. The molecule has 0 saturated heterocycles. The topological polar surface area (TPSA) is 12.9 Å². The Kier molecular flexibility index (Phi) is 3.40. The van der Waals surface area contributed by atoms with Crippen molar-refractivity contribution < 1.29 is 0 Å². The lowest BCUT2D eigenvalue weighted by Crippen LogP contribution is -1.88. The van der Waals surface area contributed by atoms with Crippen molar-refractivity contribution in [2.45, 2.75) is 24.1 Å². The zero-order chi connectivity index (χ0) is 8.27. The predicted octanol–water partition coefficient (Wildman–Crippen LogP) is 3.34. The summed E-state index contributed by atoms with van der Waals surface area (Å²) in [6.45, 7) is 4.32. The van der Waals surface area contributed by atoms with Crippen LogP contribution in [0.2, 0.25) is 0 Å². The third-order valence-corrected chi connectivity index (χ3v) is 2.99. The molecule has 0 spiro atoms. The summed E-state index contributed by atoms with van der Waals surface area (Å²) < 4.78 is 1.08. The number of halogens is 1. The maximum absolute atomic E-state index is 4.23. The standard InChI is InChI=1S/C8H10BrNS/c1-6(2)11-8-7(9)4-3-5-10-8/h3-6H,1-2H3. The smallest absolute Gasteiger partial charge is 0.110 e. The molecular weight excluding hydrogens is 222 g/mol. The Labute approximate surface area is 79.7 Å². The summed E-state index contributed by atoms with van der Waals surface area (Å²) in [4.78, 5) is 4.23. The van der Waals surface area contributed by atoms with Crippen LogP contribution in [0.1, 0.15) is 13.8 Å². The van der Waals surface area contributed by atoms with Gasteiger partial charge in [-0.3, -0.25) is 0 Å². The molecule has 0 fully saturated rings. The molecule has 0 radical (unpaired) electrons. The summed E-state index contributed by atoms with van der Waals surface area (Å²) in [5, 5.41) is 1.66. The highest BCUT2D eigenvalue weighted by Gasteiger charge is 2.02. The Bertz CT molecular complexity index is 237. The van der Waals surface area contributed by atoms with Gasteiger partial charge in [-0.2, -0.15) is 0 Å². The minimum atomic E-state index is 0.584. The lowest BCUT2D eigenvalue weighted by Gasteiger charge is -2.04. The van der Waals surface area contributed by atoms with Crippen molar-refractivity contribution in [3.63, 3.8) is 0 Å². The van der Waals surface area contributed by atoms with Crippen molar-refractivity contribution >= 4 is 27.7 Å². The molecule has 1 rings (SSSR count). The summed E-state index contributed by atoms with van der Waals surface area (Å²) in [6.07, 6.45) is 1.81. The van der Waals surface area contributed by atoms with Crippen LogP contribution in [0.4, 0.5) is 0 Å². The highest BCUT2D eigenvalue weighted by atomic mass is 79.9. The second-order valence-corrected chi connectivity index (χ2v) is 4.88. The fourth-order valence-corrected chi connectivity index (χ4v) is 1.97. The predicted molar refractivity (Wildman–Crippen MR) is 52.9 cm³/mol. The van der Waals surface area contributed by atoms with E-state index < -0.39 is 0 Å². The number of hydrogen-bond donors (Lipinski definition) is 0. The van der Waals surface area contributed by atoms with Gasteiger partial charge in [0.05, 0.1) is 0 Å². The normalized spacial score (nSPS) is 10.5. The molecule has 0 aliphatic rings. The first-order valence-electron chi connectivity index (χ1n) is 3.47. The summed E-state index contributed by atoms with van der Waals surface area (Å²) in [7, 11) is 0. The monoisotopic (exact) mass is 231 g/mol. The first-order valence-corrected chi connectivity index (χ1v) is 5.14. The fourth-order valence-electron chi connectivity index (χ4n) is 0.681. The van der Waals surface area contributed by atoms with E-state index in [1.165, 1.54) is 0 Å². The van der Waals surface area contributed by atoms with Gasteiger partial charge in [0.25, 0.3) is 0 Å². The van der Waals surface area contributed by atoms with Gasteiger partial charge >= 0.3 is 0 Å². The molecule has 1 aromatic heterocycles. The van der Waals surface area contributed by atoms with Crippen LogP contribution in [0.5, 0.6) is 0 Å². The zero-order valence-electron chi connectivity index (χ0n) is 6.54. The fraction of sp³-hybridized carbons (Fsp3) is 0.375. The van der Waals surface area contributed by atoms with Gasteiger partial charge < -0.3 is 0 Å². The lowest BCUT2D eigenvalue weighted by atomic mass is 10.5. The number of nitrogens with zero attached hydrogens (tertiary/aromatic N) is 1. The van der Waals surface area contributed by atoms with E-state index in [2.05, 4.69) is 34.8 Å². The molecule has 60 valence electrons. The van der Waals surface area contributed by atoms with Crippen LogP contribution in [-0.2, 0) is 0 Å². The Morgan fingerprint density at radius 1 is 1.55 bits per heavy atom. The molecule has 0 aromatic carbocycles. The summed E-state index contributed by atoms with van der Waals surface area (Å²) in [5.41, 5.74) is 0. The number of pyridine rings is 1. The van der Waals surface area contributed by atoms with Crippen LogP contribution in [-0.4, -0.2) is 10.2 Å². The van der Waals surface area contributed by atoms with Crippen LogP contribution in [0.25, 0.3) is 0 Å². The van der Waals surface area contributed by atoms with Gasteiger partial charge in [0.15, 0.2) is 0 Å². The van der Waals surface area contributed by atoms with Gasteiger partial charge in [0.2, 0.25) is 0 Å². The van der Waals surface area contributed by atoms with Gasteiger partial charge in [-0.05, 0) is 28.1 Å². The molecule has 1 nitrogen and oxygen atoms in total. The Balaban J connectivity index is 2.78. The molecule has 0 N–H and O–H groups in total. The molecule has 0 saturated carbocycles. The van der Waals surface area contributed by atoms with Gasteiger partial charge in [-0.15, -0.1) is 11.8 Å². The number of thioether (sulfide) groups is 1. The van der Waals surface area contributed by atoms with Gasteiger partial charge in [0.1, 0.15) is 5.03 Å². The maximum Gasteiger partial charge on any atom is 0.110 e. The quantitative estimate of drug-likeness (QED) is 0.725. The average Bonchev–Trinajstić information content (AvgIpc) is 1.93. The third-order valence-electron chi connectivity index (χ3n) is 1.07. The van der Waals surface area contributed by atoms with Crippen LogP contribution in [0.3, 0.4) is 0 Å². The number of hydrogen-bond acceptors (Lipinski definition) is 2. The van der Waals surface area contributed by atoms with Crippen molar-refractivity contribution in [1.29, 1.82) is 0 Å². The summed E-state index contributed by atoms with van der Waals surface area (Å²) in [5.74, 6) is 0. The minimum absolute atomic E-state index is 0.584. The maximum atomic E-state index is 4.23. The molecule has 0 amide bonds. The zero-order valence-corrected chi connectivity index (χ0v) is 8.95. The Hall–Kier alpha value is -0.0200. The van der Waals surface area contributed by atoms with E-state index in [0.717, 1.165) is 9.50 Å². The Morgan fingerprint density at radius 2 is 2.27 bits per heavy atom. The third kappa shape index (κ3) is 2.83. The first-order chi connectivity index (χ1) is 5.20. The molecule has 0 bridgehead atoms. The minimum Gasteiger partial charge on any atom is -0.249 e. The summed E-state index contributed by atoms with van der Waals surface area (Å²) in [6, 6.07) is 3.94. The van der Waals surface area contributed by atoms with E-state index in [9.17, 15) is 0 Å². The first kappa shape index (κ1) is 9.07. The highest BCUT2D eigenvalue weighted by Crippen LogP contribution is 2.27. The molecule has 1 aromatic rings. The molecule has 0 aliphatic carbocycles. The van der Waals surface area contributed by atoms with Gasteiger partial charge in [-0.25, -0.2) is 4.98 Å². The van der Waals surface area contributed by atoms with E-state index in [-0.39, 0.29) is 0 Å². The van der Waals surface area contributed by atoms with Crippen molar-refractivity contribution in [3.05, 3.63) is 22.8 Å². The van der Waals surface area contributed by atoms with Gasteiger partial charge in [0, 0.05) is 15.9 Å². The van der Waals surface area contributed by atoms with Crippen molar-refractivity contribution in [1.82, 2.24) is 4.98 Å². The van der Waals surface area contributed by atoms with Crippen LogP contribution < -0.4 is 0 Å². The second-order valence-electron chi connectivity index (χ2n) is 2.46. The largest absolute Gasteiger partial charge is 0.249 e. The SMILES string of the molecule is CC(C)Sc1ncccc1Br. The molecule has 0 unspecified atom stereocenters. The van der Waals surface area contributed by atoms with Crippen molar-refractivity contribution in [3.8, 4) is 0 Å². The van der Waals surface area contributed by atoms with E-state index >= 15 is 0 Å². The van der Waals surface area contributed by atoms with E-state index in [4.69, 9.17) is 0 Å². The molecule has 0 aliphatic heterocycles.